The van der Waals surface area contributed by atoms with Crippen molar-refractivity contribution in [3.63, 3.8) is 0 Å². The van der Waals surface area contributed by atoms with Crippen molar-refractivity contribution < 1.29 is 9.21 Å². The summed E-state index contributed by atoms with van der Waals surface area (Å²) in [6.07, 6.45) is 1.45. The highest BCUT2D eigenvalue weighted by atomic mass is 16.4. The second-order valence-electron chi connectivity index (χ2n) is 5.62. The number of piperidine rings is 1. The maximum atomic E-state index is 12.5. The third-order valence-corrected chi connectivity index (χ3v) is 4.16. The summed E-state index contributed by atoms with van der Waals surface area (Å²) < 4.78 is 4.99. The highest BCUT2D eigenvalue weighted by Gasteiger charge is 2.28. The number of hydrogen-bond donors (Lipinski definition) is 1. The number of aromatic amines is 1. The molecular weight excluding hydrogens is 284 g/mol. The number of hydrogen-bond acceptors (Lipinski definition) is 5. The fraction of sp³-hybridized carbons (Fsp3) is 0.467. The topological polar surface area (TPSA) is 92.1 Å². The van der Waals surface area contributed by atoms with Crippen LogP contribution in [0, 0.1) is 13.8 Å². The Kier molecular flexibility index (Phi) is 3.79. The summed E-state index contributed by atoms with van der Waals surface area (Å²) in [6, 6.07) is 3.68. The van der Waals surface area contributed by atoms with E-state index in [4.69, 9.17) is 4.42 Å². The molecule has 0 saturated carbocycles. The van der Waals surface area contributed by atoms with Crippen molar-refractivity contribution in [2.45, 2.75) is 32.6 Å². The number of likely N-dealkylation sites (tertiary alicyclic amines) is 1. The number of H-pyrrole nitrogens is 1. The maximum absolute atomic E-state index is 12.5. The lowest BCUT2D eigenvalue weighted by Gasteiger charge is -2.30. The van der Waals surface area contributed by atoms with Gasteiger partial charge in [-0.05, 0) is 38.3 Å². The molecule has 0 atom stereocenters. The summed E-state index contributed by atoms with van der Waals surface area (Å²) in [6.45, 7) is 5.08. The average molecular weight is 302 g/mol. The van der Waals surface area contributed by atoms with Gasteiger partial charge in [-0.15, -0.1) is 5.10 Å². The minimum absolute atomic E-state index is 0.0509. The Balaban J connectivity index is 1.66. The number of carbonyl (C=O) groups is 1. The molecule has 0 aromatic carbocycles. The molecule has 0 spiro atoms. The standard InChI is InChI=1S/C15H18N4O3/c1-9-3-4-12(16-10(9)2)14(20)19-7-5-11(6-8-19)13-17-18-15(21)22-13/h3-4,11H,5-8H2,1-2H3,(H,18,21). The first-order valence-corrected chi connectivity index (χ1v) is 7.33. The number of rotatable bonds is 2. The Bertz CT molecular complexity index is 741. The Morgan fingerprint density at radius 1 is 1.32 bits per heavy atom. The van der Waals surface area contributed by atoms with Crippen LogP contribution in [0.1, 0.15) is 46.4 Å². The number of nitrogens with zero attached hydrogens (tertiary/aromatic N) is 3. The molecule has 7 nitrogen and oxygen atoms in total. The quantitative estimate of drug-likeness (QED) is 0.905. The van der Waals surface area contributed by atoms with Gasteiger partial charge in [-0.3, -0.25) is 4.79 Å². The Hall–Kier alpha value is -2.44. The van der Waals surface area contributed by atoms with Gasteiger partial charge in [0.25, 0.3) is 5.91 Å². The number of pyridine rings is 1. The zero-order chi connectivity index (χ0) is 15.7. The van der Waals surface area contributed by atoms with Crippen molar-refractivity contribution in [2.24, 2.45) is 0 Å². The molecule has 1 fully saturated rings. The van der Waals surface area contributed by atoms with Crippen LogP contribution in [0.5, 0.6) is 0 Å². The van der Waals surface area contributed by atoms with Gasteiger partial charge < -0.3 is 9.32 Å². The number of carbonyl (C=O) groups excluding carboxylic acids is 1. The summed E-state index contributed by atoms with van der Waals surface area (Å²) in [7, 11) is 0. The van der Waals surface area contributed by atoms with E-state index in [-0.39, 0.29) is 11.8 Å². The minimum Gasteiger partial charge on any atom is -0.392 e. The predicted octanol–water partition coefficient (Wildman–Crippen LogP) is 1.39. The molecule has 116 valence electrons. The van der Waals surface area contributed by atoms with Crippen LogP contribution < -0.4 is 5.76 Å². The molecule has 1 amide bonds. The van der Waals surface area contributed by atoms with E-state index in [1.54, 1.807) is 11.0 Å². The number of aryl methyl sites for hydroxylation is 2. The fourth-order valence-electron chi connectivity index (χ4n) is 2.66. The first kappa shape index (κ1) is 14.5. The monoisotopic (exact) mass is 302 g/mol. The summed E-state index contributed by atoms with van der Waals surface area (Å²) in [5.74, 6) is -0.0741. The van der Waals surface area contributed by atoms with Gasteiger partial charge in [0, 0.05) is 24.7 Å². The first-order valence-electron chi connectivity index (χ1n) is 7.33. The van der Waals surface area contributed by atoms with Crippen LogP contribution in [0.4, 0.5) is 0 Å². The number of nitrogens with one attached hydrogen (secondary N) is 1. The van der Waals surface area contributed by atoms with Gasteiger partial charge in [-0.2, -0.15) is 0 Å². The predicted molar refractivity (Wildman–Crippen MR) is 78.7 cm³/mol. The molecule has 0 bridgehead atoms. The first-order chi connectivity index (χ1) is 10.5. The summed E-state index contributed by atoms with van der Waals surface area (Å²) in [5.41, 5.74) is 2.43. The van der Waals surface area contributed by atoms with E-state index in [1.165, 1.54) is 0 Å². The molecule has 2 aromatic heterocycles. The molecule has 1 aliphatic rings. The second kappa shape index (κ2) is 5.75. The highest BCUT2D eigenvalue weighted by molar-refractivity contribution is 5.92. The third-order valence-electron chi connectivity index (χ3n) is 4.16. The Labute approximate surface area is 127 Å². The molecule has 0 aliphatic carbocycles. The normalized spacial score (nSPS) is 16.0. The SMILES string of the molecule is Cc1ccc(C(=O)N2CCC(c3n[nH]c(=O)o3)CC2)nc1C. The van der Waals surface area contributed by atoms with E-state index in [2.05, 4.69) is 15.2 Å². The Morgan fingerprint density at radius 2 is 2.05 bits per heavy atom. The molecule has 3 heterocycles. The van der Waals surface area contributed by atoms with E-state index in [9.17, 15) is 9.59 Å². The van der Waals surface area contributed by atoms with Crippen molar-refractivity contribution >= 4 is 5.91 Å². The molecule has 22 heavy (non-hydrogen) atoms. The molecule has 0 radical (unpaired) electrons. The number of amides is 1. The molecular formula is C15H18N4O3. The van der Waals surface area contributed by atoms with Crippen molar-refractivity contribution in [1.82, 2.24) is 20.1 Å². The van der Waals surface area contributed by atoms with Gasteiger partial charge in [-0.1, -0.05) is 6.07 Å². The van der Waals surface area contributed by atoms with Crippen LogP contribution in [0.3, 0.4) is 0 Å². The molecule has 2 aromatic rings. The van der Waals surface area contributed by atoms with Gasteiger partial charge >= 0.3 is 5.76 Å². The smallest absolute Gasteiger partial charge is 0.392 e. The molecule has 3 rings (SSSR count). The summed E-state index contributed by atoms with van der Waals surface area (Å²) in [5, 5.41) is 6.14. The Morgan fingerprint density at radius 3 is 2.64 bits per heavy atom. The summed E-state index contributed by atoms with van der Waals surface area (Å²) >= 11 is 0. The van der Waals surface area contributed by atoms with Crippen LogP contribution in [0.25, 0.3) is 0 Å². The largest absolute Gasteiger partial charge is 0.434 e. The van der Waals surface area contributed by atoms with Crippen LogP contribution in [-0.4, -0.2) is 39.1 Å². The lowest BCUT2D eigenvalue weighted by atomic mass is 9.96. The highest BCUT2D eigenvalue weighted by Crippen LogP contribution is 2.26. The van der Waals surface area contributed by atoms with Gasteiger partial charge in [0.2, 0.25) is 5.89 Å². The van der Waals surface area contributed by atoms with Gasteiger partial charge in [0.05, 0.1) is 0 Å². The van der Waals surface area contributed by atoms with E-state index in [0.717, 1.165) is 24.1 Å². The lowest BCUT2D eigenvalue weighted by molar-refractivity contribution is 0.0699. The molecule has 1 saturated heterocycles. The van der Waals surface area contributed by atoms with E-state index in [0.29, 0.717) is 24.7 Å². The zero-order valence-electron chi connectivity index (χ0n) is 12.6. The van der Waals surface area contributed by atoms with E-state index < -0.39 is 5.76 Å². The van der Waals surface area contributed by atoms with Crippen molar-refractivity contribution in [3.05, 3.63) is 45.5 Å². The maximum Gasteiger partial charge on any atom is 0.434 e. The number of aromatic nitrogens is 3. The van der Waals surface area contributed by atoms with Crippen LogP contribution >= 0.6 is 0 Å². The van der Waals surface area contributed by atoms with Crippen molar-refractivity contribution in [3.8, 4) is 0 Å². The van der Waals surface area contributed by atoms with E-state index >= 15 is 0 Å². The van der Waals surface area contributed by atoms with Crippen molar-refractivity contribution in [2.75, 3.05) is 13.1 Å². The van der Waals surface area contributed by atoms with Crippen LogP contribution in [0.15, 0.2) is 21.3 Å². The van der Waals surface area contributed by atoms with Gasteiger partial charge in [-0.25, -0.2) is 14.9 Å². The van der Waals surface area contributed by atoms with Crippen LogP contribution in [-0.2, 0) is 0 Å². The molecule has 1 aliphatic heterocycles. The molecule has 1 N–H and O–H groups in total. The second-order valence-corrected chi connectivity index (χ2v) is 5.62. The van der Waals surface area contributed by atoms with Crippen LogP contribution in [0.2, 0.25) is 0 Å². The van der Waals surface area contributed by atoms with E-state index in [1.807, 2.05) is 19.9 Å². The fourth-order valence-corrected chi connectivity index (χ4v) is 2.66. The van der Waals surface area contributed by atoms with Gasteiger partial charge in [0.15, 0.2) is 0 Å². The zero-order valence-corrected chi connectivity index (χ0v) is 12.6. The van der Waals surface area contributed by atoms with Gasteiger partial charge in [0.1, 0.15) is 5.69 Å². The van der Waals surface area contributed by atoms with Crippen molar-refractivity contribution in [1.29, 1.82) is 0 Å². The average Bonchev–Trinajstić information content (AvgIpc) is 2.96. The molecule has 0 unspecified atom stereocenters. The third kappa shape index (κ3) is 2.79. The lowest BCUT2D eigenvalue weighted by Crippen LogP contribution is -2.38. The molecule has 7 heteroatoms. The summed E-state index contributed by atoms with van der Waals surface area (Å²) in [4.78, 5) is 29.6. The minimum atomic E-state index is -0.534.